The van der Waals surface area contributed by atoms with E-state index in [2.05, 4.69) is 4.74 Å². The summed E-state index contributed by atoms with van der Waals surface area (Å²) in [6, 6.07) is 9.91. The number of esters is 1. The zero-order chi connectivity index (χ0) is 14.6. The molecule has 1 aliphatic carbocycles. The predicted molar refractivity (Wildman–Crippen MR) is 76.2 cm³/mol. The van der Waals surface area contributed by atoms with Crippen molar-refractivity contribution in [2.75, 3.05) is 20.2 Å². The minimum Gasteiger partial charge on any atom is -0.469 e. The lowest BCUT2D eigenvalue weighted by Gasteiger charge is -2.26. The Morgan fingerprint density at radius 1 is 1.25 bits per heavy atom. The second-order valence-corrected chi connectivity index (χ2v) is 5.16. The molecule has 0 N–H and O–H groups in total. The fourth-order valence-corrected chi connectivity index (χ4v) is 2.54. The first kappa shape index (κ1) is 14.6. The quantitative estimate of drug-likeness (QED) is 0.747. The maximum atomic E-state index is 12.7. The molecule has 0 aromatic heterocycles. The number of methoxy groups -OCH3 is 1. The third kappa shape index (κ3) is 2.84. The van der Waals surface area contributed by atoms with Gasteiger partial charge in [0.1, 0.15) is 0 Å². The Labute approximate surface area is 119 Å². The van der Waals surface area contributed by atoms with E-state index in [1.807, 2.05) is 37.3 Å². The number of carbonyl (C=O) groups is 2. The fraction of sp³-hybridized carbons (Fsp3) is 0.500. The average molecular weight is 275 g/mol. The van der Waals surface area contributed by atoms with Crippen LogP contribution in [0.3, 0.4) is 0 Å². The van der Waals surface area contributed by atoms with Crippen molar-refractivity contribution in [2.24, 2.45) is 0 Å². The molecule has 0 aliphatic heterocycles. The third-order valence-corrected chi connectivity index (χ3v) is 3.97. The average Bonchev–Trinajstić information content (AvgIpc) is 3.30. The lowest BCUT2D eigenvalue weighted by Crippen LogP contribution is -2.40. The molecule has 0 unspecified atom stereocenters. The summed E-state index contributed by atoms with van der Waals surface area (Å²) in [5.41, 5.74) is 0.731. The number of nitrogens with zero attached hydrogens (tertiary/aromatic N) is 1. The van der Waals surface area contributed by atoms with Crippen molar-refractivity contribution in [3.63, 3.8) is 0 Å². The van der Waals surface area contributed by atoms with Crippen LogP contribution in [0.5, 0.6) is 0 Å². The number of rotatable bonds is 6. The molecule has 0 heterocycles. The summed E-state index contributed by atoms with van der Waals surface area (Å²) in [4.78, 5) is 25.7. The highest BCUT2D eigenvalue weighted by molar-refractivity contribution is 5.91. The van der Waals surface area contributed by atoms with Crippen molar-refractivity contribution in [3.05, 3.63) is 35.9 Å². The minimum absolute atomic E-state index is 0.134. The van der Waals surface area contributed by atoms with Crippen LogP contribution >= 0.6 is 0 Å². The molecule has 0 spiro atoms. The van der Waals surface area contributed by atoms with E-state index in [1.54, 1.807) is 4.90 Å². The van der Waals surface area contributed by atoms with Gasteiger partial charge in [-0.25, -0.2) is 0 Å². The van der Waals surface area contributed by atoms with Crippen LogP contribution < -0.4 is 0 Å². The molecule has 2 rings (SSSR count). The molecule has 4 nitrogen and oxygen atoms in total. The Morgan fingerprint density at radius 2 is 1.90 bits per heavy atom. The van der Waals surface area contributed by atoms with E-state index in [1.165, 1.54) is 7.11 Å². The Kier molecular flexibility index (Phi) is 4.42. The van der Waals surface area contributed by atoms with Crippen molar-refractivity contribution in [1.82, 2.24) is 4.90 Å². The van der Waals surface area contributed by atoms with Crippen LogP contribution in [-0.4, -0.2) is 37.0 Å². The highest BCUT2D eigenvalue weighted by atomic mass is 16.5. The summed E-state index contributed by atoms with van der Waals surface area (Å²) < 4.78 is 4.63. The molecular weight excluding hydrogens is 254 g/mol. The summed E-state index contributed by atoms with van der Waals surface area (Å²) in [5, 5.41) is 0. The lowest BCUT2D eigenvalue weighted by atomic mass is 9.94. The number of hydrogen-bond donors (Lipinski definition) is 0. The molecule has 0 saturated heterocycles. The predicted octanol–water partition coefficient (Wildman–Crippen LogP) is 2.13. The normalized spacial score (nSPS) is 15.5. The van der Waals surface area contributed by atoms with Gasteiger partial charge in [-0.15, -0.1) is 0 Å². The number of likely N-dealkylation sites (N-methyl/N-ethyl adjacent to an activating group) is 1. The third-order valence-electron chi connectivity index (χ3n) is 3.97. The number of amides is 1. The molecule has 1 aromatic rings. The number of ether oxygens (including phenoxy) is 1. The molecule has 20 heavy (non-hydrogen) atoms. The van der Waals surface area contributed by atoms with Gasteiger partial charge >= 0.3 is 5.97 Å². The topological polar surface area (TPSA) is 46.6 Å². The number of benzene rings is 1. The summed E-state index contributed by atoms with van der Waals surface area (Å²) in [6.45, 7) is 2.98. The molecule has 0 atom stereocenters. The Hall–Kier alpha value is -1.84. The van der Waals surface area contributed by atoms with Gasteiger partial charge in [0.25, 0.3) is 0 Å². The smallest absolute Gasteiger partial charge is 0.307 e. The zero-order valence-corrected chi connectivity index (χ0v) is 12.1. The fourth-order valence-electron chi connectivity index (χ4n) is 2.54. The van der Waals surface area contributed by atoms with Gasteiger partial charge in [0, 0.05) is 13.1 Å². The van der Waals surface area contributed by atoms with Crippen LogP contribution in [0.2, 0.25) is 0 Å². The molecule has 1 aromatic carbocycles. The lowest BCUT2D eigenvalue weighted by molar-refractivity contribution is -0.142. The Bertz CT molecular complexity index is 480. The van der Waals surface area contributed by atoms with E-state index in [9.17, 15) is 9.59 Å². The number of hydrogen-bond acceptors (Lipinski definition) is 3. The van der Waals surface area contributed by atoms with Gasteiger partial charge in [0.2, 0.25) is 5.91 Å². The maximum absolute atomic E-state index is 12.7. The SMILES string of the molecule is CCN(CCC(=O)OC)C(=O)C1(c2ccccc2)CC1. The van der Waals surface area contributed by atoms with E-state index in [4.69, 9.17) is 0 Å². The van der Waals surface area contributed by atoms with Gasteiger partial charge < -0.3 is 9.64 Å². The van der Waals surface area contributed by atoms with E-state index in [-0.39, 0.29) is 23.7 Å². The molecule has 1 saturated carbocycles. The van der Waals surface area contributed by atoms with Crippen LogP contribution in [0.4, 0.5) is 0 Å². The van der Waals surface area contributed by atoms with Gasteiger partial charge in [-0.2, -0.15) is 0 Å². The molecule has 1 fully saturated rings. The summed E-state index contributed by atoms with van der Waals surface area (Å²) in [5.74, 6) is -0.143. The van der Waals surface area contributed by atoms with Crippen molar-refractivity contribution < 1.29 is 14.3 Å². The zero-order valence-electron chi connectivity index (χ0n) is 12.1. The van der Waals surface area contributed by atoms with E-state index < -0.39 is 0 Å². The molecule has 4 heteroatoms. The van der Waals surface area contributed by atoms with Crippen molar-refractivity contribution >= 4 is 11.9 Å². The highest BCUT2D eigenvalue weighted by Gasteiger charge is 2.52. The molecule has 108 valence electrons. The number of carbonyl (C=O) groups excluding carboxylic acids is 2. The Morgan fingerprint density at radius 3 is 2.40 bits per heavy atom. The minimum atomic E-state index is -0.354. The van der Waals surface area contributed by atoms with Crippen molar-refractivity contribution in [2.45, 2.75) is 31.6 Å². The molecule has 0 radical (unpaired) electrons. The van der Waals surface area contributed by atoms with Gasteiger partial charge in [-0.05, 0) is 25.3 Å². The maximum Gasteiger partial charge on any atom is 0.307 e. The summed E-state index contributed by atoms with van der Waals surface area (Å²) >= 11 is 0. The monoisotopic (exact) mass is 275 g/mol. The summed E-state index contributed by atoms with van der Waals surface area (Å²) in [7, 11) is 1.37. The first-order valence-corrected chi connectivity index (χ1v) is 7.06. The van der Waals surface area contributed by atoms with Crippen LogP contribution in [0.15, 0.2) is 30.3 Å². The second-order valence-electron chi connectivity index (χ2n) is 5.16. The van der Waals surface area contributed by atoms with Gasteiger partial charge in [0.15, 0.2) is 0 Å². The van der Waals surface area contributed by atoms with E-state index in [0.717, 1.165) is 18.4 Å². The first-order chi connectivity index (χ1) is 9.64. The van der Waals surface area contributed by atoms with Crippen molar-refractivity contribution in [3.8, 4) is 0 Å². The standard InChI is InChI=1S/C16H21NO3/c1-3-17(12-9-14(18)20-2)15(19)16(10-11-16)13-7-5-4-6-8-13/h4-8H,3,9-12H2,1-2H3. The Balaban J connectivity index is 2.07. The molecular formula is C16H21NO3. The van der Waals surface area contributed by atoms with Gasteiger partial charge in [0.05, 0.1) is 18.9 Å². The molecule has 0 bridgehead atoms. The van der Waals surface area contributed by atoms with E-state index >= 15 is 0 Å². The second kappa shape index (κ2) is 6.07. The van der Waals surface area contributed by atoms with E-state index in [0.29, 0.717) is 13.1 Å². The van der Waals surface area contributed by atoms with Gasteiger partial charge in [-0.3, -0.25) is 9.59 Å². The van der Waals surface area contributed by atoms with Crippen LogP contribution in [-0.2, 0) is 19.7 Å². The summed E-state index contributed by atoms with van der Waals surface area (Å²) in [6.07, 6.45) is 2.04. The van der Waals surface area contributed by atoms with Crippen molar-refractivity contribution in [1.29, 1.82) is 0 Å². The van der Waals surface area contributed by atoms with Gasteiger partial charge in [-0.1, -0.05) is 30.3 Å². The van der Waals surface area contributed by atoms with Crippen LogP contribution in [0, 0.1) is 0 Å². The largest absolute Gasteiger partial charge is 0.469 e. The van der Waals surface area contributed by atoms with Crippen LogP contribution in [0.25, 0.3) is 0 Å². The van der Waals surface area contributed by atoms with Crippen LogP contribution in [0.1, 0.15) is 31.7 Å². The molecule has 1 aliphatic rings. The molecule has 1 amide bonds. The first-order valence-electron chi connectivity index (χ1n) is 7.06. The highest BCUT2D eigenvalue weighted by Crippen LogP contribution is 2.49.